The molecule has 5 atom stereocenters. The summed E-state index contributed by atoms with van der Waals surface area (Å²) in [6.07, 6.45) is -0.806. The van der Waals surface area contributed by atoms with E-state index in [1.54, 1.807) is 6.07 Å². The number of aromatic nitrogens is 4. The lowest BCUT2D eigenvalue weighted by molar-refractivity contribution is -0.134. The average Bonchev–Trinajstić information content (AvgIpc) is 3.54. The molecule has 1 aliphatic heterocycles. The monoisotopic (exact) mass is 563 g/mol. The minimum Gasteiger partial charge on any atom is -0.489 e. The van der Waals surface area contributed by atoms with E-state index < -0.39 is 30.4 Å². The number of benzene rings is 2. The third kappa shape index (κ3) is 5.36. The Balaban J connectivity index is 1.41. The molecule has 0 saturated carbocycles. The normalized spacial score (nSPS) is 21.0. The van der Waals surface area contributed by atoms with Crippen LogP contribution < -0.4 is 15.4 Å². The van der Waals surface area contributed by atoms with Crippen molar-refractivity contribution in [2.45, 2.75) is 44.1 Å². The second-order valence-electron chi connectivity index (χ2n) is 9.12. The van der Waals surface area contributed by atoms with Crippen LogP contribution in [0, 0.1) is 0 Å². The zero-order valence-corrected chi connectivity index (χ0v) is 22.3. The van der Waals surface area contributed by atoms with Crippen LogP contribution in [0.4, 0.5) is 5.82 Å². The highest BCUT2D eigenvalue weighted by molar-refractivity contribution is 6.30. The van der Waals surface area contributed by atoms with Gasteiger partial charge in [0.05, 0.1) is 12.4 Å². The number of nitrogens with one attached hydrogen (secondary N) is 2. The number of ether oxygens (including phenoxy) is 2. The molecule has 13 nitrogen and oxygen atoms in total. The third-order valence-corrected chi connectivity index (χ3v) is 6.82. The van der Waals surface area contributed by atoms with Gasteiger partial charge in [0.15, 0.2) is 23.2 Å². The first-order valence-corrected chi connectivity index (χ1v) is 12.8. The van der Waals surface area contributed by atoms with Crippen LogP contribution in [0.15, 0.2) is 66.3 Å². The van der Waals surface area contributed by atoms with Crippen molar-refractivity contribution in [1.29, 1.82) is 0 Å². The molecule has 1 aliphatic rings. The second kappa shape index (κ2) is 11.8. The topological polar surface area (TPSA) is 172 Å². The van der Waals surface area contributed by atoms with E-state index in [0.717, 1.165) is 11.1 Å². The minimum absolute atomic E-state index is 0.298. The van der Waals surface area contributed by atoms with E-state index in [1.807, 2.05) is 49.4 Å². The molecule has 3 heterocycles. The molecule has 1 unspecified atom stereocenters. The van der Waals surface area contributed by atoms with Gasteiger partial charge in [0.1, 0.15) is 36.9 Å². The molecule has 0 aliphatic carbocycles. The Morgan fingerprint density at radius 2 is 2.08 bits per heavy atom. The molecule has 1 fully saturated rings. The molecule has 14 heteroatoms. The summed E-state index contributed by atoms with van der Waals surface area (Å²) in [4.78, 5) is 28.2. The molecule has 206 valence electrons. The Morgan fingerprint density at radius 1 is 1.27 bits per heavy atom. The van der Waals surface area contributed by atoms with Crippen LogP contribution in [0.2, 0.25) is 5.02 Å². The van der Waals surface area contributed by atoms with Crippen molar-refractivity contribution in [2.75, 3.05) is 12.4 Å². The van der Waals surface area contributed by atoms with Crippen LogP contribution >= 0.6 is 11.6 Å². The molecular weight excluding hydrogens is 538 g/mol. The zero-order chi connectivity index (χ0) is 28.2. The van der Waals surface area contributed by atoms with Crippen molar-refractivity contribution in [3.8, 4) is 5.75 Å². The standard InChI is InChI=1S/C26H26ClN9O4/c1-14(17-10-16(27)8-9-18(17)39-11-15-6-4-3-5-7-15)33-23-20-24(31-12-30-23)36(13-32-20)26-21(37)19(34-35-28)22(40-26)25(38)29-2/h3-10,12-14,19,21-22,26,37H,11H2,1-2H3,(H,29,38)(H,30,31,33)/t14?,19-,21+,22-,26+/m0/s1. The first-order valence-electron chi connectivity index (χ1n) is 12.4. The predicted octanol–water partition coefficient (Wildman–Crippen LogP) is 3.92. The summed E-state index contributed by atoms with van der Waals surface area (Å²) in [5, 5.41) is 20.8. The van der Waals surface area contributed by atoms with E-state index in [2.05, 4.69) is 35.6 Å². The molecule has 40 heavy (non-hydrogen) atoms. The van der Waals surface area contributed by atoms with E-state index in [0.29, 0.717) is 34.4 Å². The highest BCUT2D eigenvalue weighted by atomic mass is 35.5. The van der Waals surface area contributed by atoms with Gasteiger partial charge in [-0.05, 0) is 36.2 Å². The van der Waals surface area contributed by atoms with Gasteiger partial charge in [-0.2, -0.15) is 0 Å². The first kappa shape index (κ1) is 27.2. The lowest BCUT2D eigenvalue weighted by Gasteiger charge is -2.20. The Morgan fingerprint density at radius 3 is 2.83 bits per heavy atom. The van der Waals surface area contributed by atoms with Crippen molar-refractivity contribution >= 4 is 34.5 Å². The smallest absolute Gasteiger partial charge is 0.249 e. The highest BCUT2D eigenvalue weighted by Gasteiger charge is 2.48. The number of rotatable bonds is 9. The molecular formula is C26H26ClN9O4. The number of amides is 1. The van der Waals surface area contributed by atoms with Gasteiger partial charge in [-0.15, -0.1) is 0 Å². The van der Waals surface area contributed by atoms with E-state index in [4.69, 9.17) is 26.6 Å². The molecule has 0 spiro atoms. The number of imidazole rings is 1. The molecule has 1 amide bonds. The van der Waals surface area contributed by atoms with Crippen molar-refractivity contribution in [2.24, 2.45) is 5.11 Å². The van der Waals surface area contributed by atoms with Gasteiger partial charge in [-0.25, -0.2) is 15.0 Å². The number of anilines is 1. The summed E-state index contributed by atoms with van der Waals surface area (Å²) in [7, 11) is 1.43. The second-order valence-corrected chi connectivity index (χ2v) is 9.55. The molecule has 0 radical (unpaired) electrons. The van der Waals surface area contributed by atoms with E-state index >= 15 is 0 Å². The Bertz CT molecular complexity index is 1560. The van der Waals surface area contributed by atoms with Crippen LogP contribution in [0.25, 0.3) is 21.6 Å². The third-order valence-electron chi connectivity index (χ3n) is 6.59. The fourth-order valence-electron chi connectivity index (χ4n) is 4.59. The Kier molecular flexibility index (Phi) is 7.99. The SMILES string of the molecule is CNC(=O)[C@H]1O[C@@H](n2cnc3c(NC(C)c4cc(Cl)ccc4OCc4ccccc4)ncnc32)[C@H](O)[C@@H]1N=[N+]=[N-]. The minimum atomic E-state index is -1.32. The summed E-state index contributed by atoms with van der Waals surface area (Å²) < 4.78 is 13.4. The van der Waals surface area contributed by atoms with Crippen molar-refractivity contribution in [3.63, 3.8) is 0 Å². The maximum absolute atomic E-state index is 12.3. The summed E-state index contributed by atoms with van der Waals surface area (Å²) >= 11 is 6.32. The lowest BCUT2D eigenvalue weighted by Crippen LogP contribution is -2.40. The van der Waals surface area contributed by atoms with E-state index in [-0.39, 0.29) is 6.04 Å². The van der Waals surface area contributed by atoms with E-state index in [1.165, 1.54) is 24.3 Å². The Labute approximate surface area is 233 Å². The van der Waals surface area contributed by atoms with Crippen molar-refractivity contribution < 1.29 is 19.4 Å². The fourth-order valence-corrected chi connectivity index (χ4v) is 4.77. The molecule has 2 aromatic carbocycles. The molecule has 4 aromatic rings. The number of aliphatic hydroxyl groups excluding tert-OH is 1. The van der Waals surface area contributed by atoms with Gasteiger partial charge >= 0.3 is 0 Å². The number of hydrogen-bond donors (Lipinski definition) is 3. The van der Waals surface area contributed by atoms with Crippen LogP contribution in [0.5, 0.6) is 5.75 Å². The van der Waals surface area contributed by atoms with Crippen molar-refractivity contribution in [3.05, 3.63) is 87.8 Å². The summed E-state index contributed by atoms with van der Waals surface area (Å²) in [6.45, 7) is 2.33. The van der Waals surface area contributed by atoms with Crippen LogP contribution in [0.1, 0.15) is 30.3 Å². The fraction of sp³-hybridized carbons (Fsp3) is 0.308. The van der Waals surface area contributed by atoms with Crippen LogP contribution in [-0.4, -0.2) is 55.8 Å². The number of carbonyl (C=O) groups excluding carboxylic acids is 1. The zero-order valence-electron chi connectivity index (χ0n) is 21.5. The highest BCUT2D eigenvalue weighted by Crippen LogP contribution is 2.35. The largest absolute Gasteiger partial charge is 0.489 e. The number of hydrogen-bond acceptors (Lipinski definition) is 9. The lowest BCUT2D eigenvalue weighted by atomic mass is 10.1. The quantitative estimate of drug-likeness (QED) is 0.156. The Hall–Kier alpha value is -4.42. The maximum Gasteiger partial charge on any atom is 0.249 e. The molecule has 2 aromatic heterocycles. The van der Waals surface area contributed by atoms with E-state index in [9.17, 15) is 9.90 Å². The van der Waals surface area contributed by atoms with Gasteiger partial charge in [-0.1, -0.05) is 47.0 Å². The number of nitrogens with zero attached hydrogens (tertiary/aromatic N) is 7. The van der Waals surface area contributed by atoms with Gasteiger partial charge in [0.2, 0.25) is 5.91 Å². The number of halogens is 1. The van der Waals surface area contributed by atoms with Gasteiger partial charge in [0, 0.05) is 22.5 Å². The maximum atomic E-state index is 12.3. The van der Waals surface area contributed by atoms with Crippen LogP contribution in [0.3, 0.4) is 0 Å². The average molecular weight is 564 g/mol. The summed E-state index contributed by atoms with van der Waals surface area (Å²) in [5.74, 6) is 0.559. The van der Waals surface area contributed by atoms with Gasteiger partial charge < -0.3 is 25.2 Å². The molecule has 3 N–H and O–H groups in total. The first-order chi connectivity index (χ1) is 19.4. The van der Waals surface area contributed by atoms with Crippen LogP contribution in [-0.2, 0) is 16.1 Å². The number of fused-ring (bicyclic) bond motifs is 1. The summed E-state index contributed by atoms with van der Waals surface area (Å²) in [5.41, 5.74) is 11.5. The number of aliphatic hydroxyl groups is 1. The van der Waals surface area contributed by atoms with Gasteiger partial charge in [0.25, 0.3) is 0 Å². The molecule has 5 rings (SSSR count). The number of likely N-dealkylation sites (N-methyl/N-ethyl adjacent to an activating group) is 1. The summed E-state index contributed by atoms with van der Waals surface area (Å²) in [6, 6.07) is 13.8. The van der Waals surface area contributed by atoms with Crippen molar-refractivity contribution in [1.82, 2.24) is 24.8 Å². The number of azide groups is 1. The number of carbonyl (C=O) groups is 1. The van der Waals surface area contributed by atoms with Gasteiger partial charge in [-0.3, -0.25) is 9.36 Å². The molecule has 1 saturated heterocycles. The predicted molar refractivity (Wildman–Crippen MR) is 147 cm³/mol. The molecule has 0 bridgehead atoms.